The Bertz CT molecular complexity index is 444. The highest BCUT2D eigenvalue weighted by atomic mass is 19.1. The van der Waals surface area contributed by atoms with E-state index in [0.717, 1.165) is 12.1 Å². The number of methoxy groups -OCH3 is 1. The molecular weight excluding hydrogens is 238 g/mol. The lowest BCUT2D eigenvalue weighted by Crippen LogP contribution is -2.43. The second-order valence-corrected chi connectivity index (χ2v) is 4.70. The van der Waals surface area contributed by atoms with Crippen molar-refractivity contribution in [3.8, 4) is 6.07 Å². The summed E-state index contributed by atoms with van der Waals surface area (Å²) in [5, 5.41) is 11.6. The van der Waals surface area contributed by atoms with E-state index in [1.807, 2.05) is 13.8 Å². The first-order valence-corrected chi connectivity index (χ1v) is 5.51. The molecule has 0 heterocycles. The lowest BCUT2D eigenvalue weighted by Gasteiger charge is -2.25. The topological polar surface area (TPSA) is 45.0 Å². The summed E-state index contributed by atoms with van der Waals surface area (Å²) in [6, 6.07) is 3.77. The predicted molar refractivity (Wildman–Crippen MR) is 63.9 cm³/mol. The molecule has 0 spiro atoms. The molecule has 98 valence electrons. The summed E-state index contributed by atoms with van der Waals surface area (Å²) in [6.07, 6.45) is 0. The molecule has 0 unspecified atom stereocenters. The Morgan fingerprint density at radius 1 is 1.33 bits per heavy atom. The first kappa shape index (κ1) is 14.6. The zero-order chi connectivity index (χ0) is 13.8. The van der Waals surface area contributed by atoms with Gasteiger partial charge in [0.2, 0.25) is 0 Å². The van der Waals surface area contributed by atoms with Gasteiger partial charge in [0.15, 0.2) is 0 Å². The SMILES string of the molecule is COCC(C)(C)NCc1c(F)cc(C#N)cc1F. The van der Waals surface area contributed by atoms with Gasteiger partial charge in [0.25, 0.3) is 0 Å². The number of nitriles is 1. The van der Waals surface area contributed by atoms with Crippen LogP contribution in [0.25, 0.3) is 0 Å². The smallest absolute Gasteiger partial charge is 0.131 e. The van der Waals surface area contributed by atoms with Crippen molar-refractivity contribution >= 4 is 0 Å². The van der Waals surface area contributed by atoms with Crippen molar-refractivity contribution < 1.29 is 13.5 Å². The fourth-order valence-corrected chi connectivity index (χ4v) is 1.58. The molecule has 0 saturated heterocycles. The number of rotatable bonds is 5. The van der Waals surface area contributed by atoms with Crippen molar-refractivity contribution in [1.82, 2.24) is 5.32 Å². The van der Waals surface area contributed by atoms with Crippen LogP contribution < -0.4 is 5.32 Å². The van der Waals surface area contributed by atoms with E-state index in [0.29, 0.717) is 6.61 Å². The third-order valence-electron chi connectivity index (χ3n) is 2.52. The summed E-state index contributed by atoms with van der Waals surface area (Å²) >= 11 is 0. The Balaban J connectivity index is 2.83. The number of hydrogen-bond donors (Lipinski definition) is 1. The third kappa shape index (κ3) is 3.76. The molecule has 0 aliphatic carbocycles. The fourth-order valence-electron chi connectivity index (χ4n) is 1.58. The van der Waals surface area contributed by atoms with Gasteiger partial charge in [-0.3, -0.25) is 0 Å². The van der Waals surface area contributed by atoms with Crippen LogP contribution in [0.1, 0.15) is 25.0 Å². The monoisotopic (exact) mass is 254 g/mol. The lowest BCUT2D eigenvalue weighted by atomic mass is 10.1. The second-order valence-electron chi connectivity index (χ2n) is 4.70. The van der Waals surface area contributed by atoms with Gasteiger partial charge >= 0.3 is 0 Å². The number of halogens is 2. The van der Waals surface area contributed by atoms with Crippen LogP contribution in [0.15, 0.2) is 12.1 Å². The molecule has 3 nitrogen and oxygen atoms in total. The van der Waals surface area contributed by atoms with E-state index in [2.05, 4.69) is 5.32 Å². The Hall–Kier alpha value is -1.51. The first-order valence-electron chi connectivity index (χ1n) is 5.51. The van der Waals surface area contributed by atoms with Gasteiger partial charge in [0.1, 0.15) is 11.6 Å². The van der Waals surface area contributed by atoms with E-state index >= 15 is 0 Å². The van der Waals surface area contributed by atoms with Crippen LogP contribution >= 0.6 is 0 Å². The molecule has 1 aromatic carbocycles. The highest BCUT2D eigenvalue weighted by Crippen LogP contribution is 2.16. The number of benzene rings is 1. The summed E-state index contributed by atoms with van der Waals surface area (Å²) < 4.78 is 32.2. The number of ether oxygens (including phenoxy) is 1. The molecule has 0 aliphatic rings. The van der Waals surface area contributed by atoms with E-state index < -0.39 is 11.6 Å². The minimum atomic E-state index is -0.715. The molecule has 0 saturated carbocycles. The minimum Gasteiger partial charge on any atom is -0.383 e. The van der Waals surface area contributed by atoms with Crippen molar-refractivity contribution in [3.05, 3.63) is 34.9 Å². The van der Waals surface area contributed by atoms with E-state index in [9.17, 15) is 8.78 Å². The summed E-state index contributed by atoms with van der Waals surface area (Å²) in [5.41, 5.74) is -0.482. The van der Waals surface area contributed by atoms with Gasteiger partial charge in [-0.05, 0) is 26.0 Å². The highest BCUT2D eigenvalue weighted by Gasteiger charge is 2.19. The molecule has 0 radical (unpaired) electrons. The maximum absolute atomic E-state index is 13.6. The predicted octanol–water partition coefficient (Wildman–Crippen LogP) is 2.35. The average molecular weight is 254 g/mol. The van der Waals surface area contributed by atoms with Crippen LogP contribution in [0, 0.1) is 23.0 Å². The van der Waals surface area contributed by atoms with E-state index in [1.165, 1.54) is 0 Å². The van der Waals surface area contributed by atoms with Gasteiger partial charge in [-0.25, -0.2) is 8.78 Å². The maximum Gasteiger partial charge on any atom is 0.131 e. The molecule has 0 atom stereocenters. The van der Waals surface area contributed by atoms with Gasteiger partial charge in [0.05, 0.1) is 18.2 Å². The molecule has 0 bridgehead atoms. The summed E-state index contributed by atoms with van der Waals surface area (Å²) in [7, 11) is 1.56. The van der Waals surface area contributed by atoms with Crippen molar-refractivity contribution in [2.45, 2.75) is 25.9 Å². The second kappa shape index (κ2) is 5.89. The van der Waals surface area contributed by atoms with Crippen LogP contribution in [-0.2, 0) is 11.3 Å². The molecule has 0 fully saturated rings. The largest absolute Gasteiger partial charge is 0.383 e. The molecule has 0 amide bonds. The molecule has 0 aromatic heterocycles. The van der Waals surface area contributed by atoms with Gasteiger partial charge in [-0.1, -0.05) is 0 Å². The molecular formula is C13H16F2N2O. The lowest BCUT2D eigenvalue weighted by molar-refractivity contribution is 0.127. The van der Waals surface area contributed by atoms with Crippen LogP contribution in [0.2, 0.25) is 0 Å². The molecule has 18 heavy (non-hydrogen) atoms. The zero-order valence-electron chi connectivity index (χ0n) is 10.7. The van der Waals surface area contributed by atoms with Crippen molar-refractivity contribution in [2.75, 3.05) is 13.7 Å². The quantitative estimate of drug-likeness (QED) is 0.877. The normalized spacial score (nSPS) is 11.3. The molecule has 1 N–H and O–H groups in total. The van der Waals surface area contributed by atoms with E-state index in [4.69, 9.17) is 10.00 Å². The number of hydrogen-bond acceptors (Lipinski definition) is 3. The van der Waals surface area contributed by atoms with E-state index in [-0.39, 0.29) is 23.2 Å². The summed E-state index contributed by atoms with van der Waals surface area (Å²) in [4.78, 5) is 0. The van der Waals surface area contributed by atoms with Crippen molar-refractivity contribution in [3.63, 3.8) is 0 Å². The van der Waals surface area contributed by atoms with Crippen molar-refractivity contribution in [2.24, 2.45) is 0 Å². The van der Waals surface area contributed by atoms with Crippen LogP contribution in [0.5, 0.6) is 0 Å². The first-order chi connectivity index (χ1) is 8.39. The molecule has 5 heteroatoms. The van der Waals surface area contributed by atoms with Gasteiger partial charge in [-0.15, -0.1) is 0 Å². The zero-order valence-corrected chi connectivity index (χ0v) is 10.7. The van der Waals surface area contributed by atoms with E-state index in [1.54, 1.807) is 13.2 Å². The minimum absolute atomic E-state index is 0.0232. The average Bonchev–Trinajstić information content (AvgIpc) is 2.27. The Morgan fingerprint density at radius 3 is 2.33 bits per heavy atom. The Labute approximate surface area is 105 Å². The number of nitrogens with one attached hydrogen (secondary N) is 1. The van der Waals surface area contributed by atoms with Gasteiger partial charge in [-0.2, -0.15) is 5.26 Å². The Morgan fingerprint density at radius 2 is 1.89 bits per heavy atom. The Kier molecular flexibility index (Phi) is 4.76. The summed E-state index contributed by atoms with van der Waals surface area (Å²) in [6.45, 7) is 4.21. The molecule has 1 aromatic rings. The standard InChI is InChI=1S/C13H16F2N2O/c1-13(2,8-18-3)17-7-10-11(14)4-9(6-16)5-12(10)15/h4-5,17H,7-8H2,1-3H3. The fraction of sp³-hybridized carbons (Fsp3) is 0.462. The van der Waals surface area contributed by atoms with Gasteiger partial charge in [0, 0.05) is 24.8 Å². The van der Waals surface area contributed by atoms with Crippen LogP contribution in [0.4, 0.5) is 8.78 Å². The maximum atomic E-state index is 13.6. The van der Waals surface area contributed by atoms with Crippen molar-refractivity contribution in [1.29, 1.82) is 5.26 Å². The van der Waals surface area contributed by atoms with Gasteiger partial charge < -0.3 is 10.1 Å². The van der Waals surface area contributed by atoms with Crippen LogP contribution in [0.3, 0.4) is 0 Å². The third-order valence-corrected chi connectivity index (χ3v) is 2.52. The number of nitrogens with zero attached hydrogens (tertiary/aromatic N) is 1. The molecule has 1 rings (SSSR count). The van der Waals surface area contributed by atoms with Crippen LogP contribution in [-0.4, -0.2) is 19.3 Å². The molecule has 0 aliphatic heterocycles. The highest BCUT2D eigenvalue weighted by molar-refractivity contribution is 5.34. The summed E-state index contributed by atoms with van der Waals surface area (Å²) in [5.74, 6) is -1.43.